The van der Waals surface area contributed by atoms with Crippen LogP contribution in [-0.4, -0.2) is 46.7 Å². The van der Waals surface area contributed by atoms with Crippen LogP contribution in [0.15, 0.2) is 41.8 Å². The second-order valence-corrected chi connectivity index (χ2v) is 9.27. The van der Waals surface area contributed by atoms with Crippen LogP contribution in [0, 0.1) is 24.0 Å². The fourth-order valence-electron chi connectivity index (χ4n) is 4.05. The van der Waals surface area contributed by atoms with Gasteiger partial charge in [-0.05, 0) is 43.5 Å². The number of carbonyl (C=O) groups is 4. The van der Waals surface area contributed by atoms with Crippen LogP contribution < -0.4 is 5.32 Å². The zero-order valence-corrected chi connectivity index (χ0v) is 21.1. The van der Waals surface area contributed by atoms with Crippen molar-refractivity contribution >= 4 is 45.7 Å². The first-order valence-electron chi connectivity index (χ1n) is 11.4. The summed E-state index contributed by atoms with van der Waals surface area (Å²) in [6.07, 6.45) is -0.265. The Morgan fingerprint density at radius 2 is 1.84 bits per heavy atom. The van der Waals surface area contributed by atoms with E-state index in [0.29, 0.717) is 5.56 Å². The Bertz CT molecular complexity index is 1460. The number of fused-ring (bicyclic) bond motifs is 1. The molecule has 0 bridgehead atoms. The van der Waals surface area contributed by atoms with E-state index >= 15 is 0 Å². The summed E-state index contributed by atoms with van der Waals surface area (Å²) in [6, 6.07) is 9.61. The molecule has 0 unspecified atom stereocenters. The summed E-state index contributed by atoms with van der Waals surface area (Å²) in [7, 11) is 0. The topological polar surface area (TPSA) is 136 Å². The number of rotatable bonds is 8. The molecule has 2 aromatic carbocycles. The predicted octanol–water partition coefficient (Wildman–Crippen LogP) is 4.74. The number of ether oxygens (including phenoxy) is 1. The van der Waals surface area contributed by atoms with Gasteiger partial charge >= 0.3 is 5.97 Å². The molecule has 11 heteroatoms. The van der Waals surface area contributed by atoms with Crippen LogP contribution in [0.25, 0.3) is 11.1 Å². The van der Waals surface area contributed by atoms with Gasteiger partial charge in [-0.15, -0.1) is 11.3 Å². The summed E-state index contributed by atoms with van der Waals surface area (Å²) in [5.74, 6) is -2.64. The first kappa shape index (κ1) is 25.7. The monoisotopic (exact) mass is 521 g/mol. The number of nitrogens with zero attached hydrogens (tertiary/aromatic N) is 2. The van der Waals surface area contributed by atoms with E-state index < -0.39 is 34.3 Å². The van der Waals surface area contributed by atoms with Crippen molar-refractivity contribution in [3.63, 3.8) is 0 Å². The molecule has 0 spiro atoms. The Balaban J connectivity index is 1.53. The smallest absolute Gasteiger partial charge is 0.341 e. The van der Waals surface area contributed by atoms with Crippen molar-refractivity contribution in [1.29, 1.82) is 0 Å². The number of imide groups is 1. The van der Waals surface area contributed by atoms with E-state index in [9.17, 15) is 29.3 Å². The number of carbonyl (C=O) groups excluding carboxylic acids is 4. The highest BCUT2D eigenvalue weighted by atomic mass is 32.1. The lowest BCUT2D eigenvalue weighted by Crippen LogP contribution is -2.33. The molecule has 0 atom stereocenters. The molecule has 4 rings (SSSR count). The van der Waals surface area contributed by atoms with Gasteiger partial charge in [-0.25, -0.2) is 4.79 Å². The predicted molar refractivity (Wildman–Crippen MR) is 137 cm³/mol. The Kier molecular flexibility index (Phi) is 7.16. The number of aryl methyl sites for hydroxylation is 2. The second-order valence-electron chi connectivity index (χ2n) is 8.39. The Morgan fingerprint density at radius 3 is 2.51 bits per heavy atom. The molecule has 1 N–H and O–H groups in total. The first-order valence-corrected chi connectivity index (χ1v) is 12.3. The summed E-state index contributed by atoms with van der Waals surface area (Å²) in [6.45, 7) is 5.51. The van der Waals surface area contributed by atoms with E-state index in [4.69, 9.17) is 4.74 Å². The molecule has 0 saturated carbocycles. The SMILES string of the molecule is CCOC(=O)c1c(-c2ccc(C)c(C)c2)csc1NC(=O)CCN1C(=O)c2cccc([N+](=O)[O-])c2C1=O. The third-order valence-corrected chi connectivity index (χ3v) is 6.97. The number of nitrogens with one attached hydrogen (secondary N) is 1. The zero-order chi connectivity index (χ0) is 26.9. The van der Waals surface area contributed by atoms with Gasteiger partial charge in [0.05, 0.1) is 17.1 Å². The van der Waals surface area contributed by atoms with Crippen molar-refractivity contribution in [2.24, 2.45) is 0 Å². The van der Waals surface area contributed by atoms with E-state index in [2.05, 4.69) is 5.32 Å². The summed E-state index contributed by atoms with van der Waals surface area (Å²) in [5.41, 5.74) is 2.98. The third kappa shape index (κ3) is 4.85. The average molecular weight is 522 g/mol. The maximum Gasteiger partial charge on any atom is 0.341 e. The van der Waals surface area contributed by atoms with Gasteiger partial charge in [0.2, 0.25) is 5.91 Å². The molecule has 3 aromatic rings. The maximum absolute atomic E-state index is 12.8. The van der Waals surface area contributed by atoms with Gasteiger partial charge in [-0.3, -0.25) is 29.4 Å². The zero-order valence-electron chi connectivity index (χ0n) is 20.3. The molecule has 0 saturated heterocycles. The first-order chi connectivity index (χ1) is 17.6. The second kappa shape index (κ2) is 10.3. The fraction of sp³-hybridized carbons (Fsp3) is 0.231. The van der Waals surface area contributed by atoms with Crippen molar-refractivity contribution in [2.75, 3.05) is 18.5 Å². The molecule has 2 heterocycles. The van der Waals surface area contributed by atoms with Crippen molar-refractivity contribution in [3.05, 3.63) is 79.7 Å². The number of hydrogen-bond donors (Lipinski definition) is 1. The van der Waals surface area contributed by atoms with Gasteiger partial charge in [0, 0.05) is 30.0 Å². The van der Waals surface area contributed by atoms with Crippen molar-refractivity contribution in [2.45, 2.75) is 27.2 Å². The van der Waals surface area contributed by atoms with Crippen molar-refractivity contribution in [3.8, 4) is 11.1 Å². The average Bonchev–Trinajstić information content (AvgIpc) is 3.38. The number of thiophene rings is 1. The highest BCUT2D eigenvalue weighted by molar-refractivity contribution is 7.15. The molecular weight excluding hydrogens is 498 g/mol. The number of hydrogen-bond acceptors (Lipinski definition) is 8. The number of nitro groups is 1. The number of nitro benzene ring substituents is 1. The standard InChI is InChI=1S/C26H23N3O7S/c1-4-36-26(33)22-18(16-9-8-14(2)15(3)12-16)13-37-23(22)27-20(30)10-11-28-24(31)17-6-5-7-19(29(34)35)21(17)25(28)32/h5-9,12-13H,4,10-11H2,1-3H3,(H,27,30). The summed E-state index contributed by atoms with van der Waals surface area (Å²) in [4.78, 5) is 62.4. The Hall–Kier alpha value is -4.38. The van der Waals surface area contributed by atoms with Crippen molar-refractivity contribution < 1.29 is 28.8 Å². The van der Waals surface area contributed by atoms with E-state index in [1.807, 2.05) is 32.0 Å². The van der Waals surface area contributed by atoms with Crippen LogP contribution in [-0.2, 0) is 9.53 Å². The number of benzene rings is 2. The fourth-order valence-corrected chi connectivity index (χ4v) is 5.02. The minimum absolute atomic E-state index is 0.0690. The minimum Gasteiger partial charge on any atom is -0.462 e. The molecule has 10 nitrogen and oxygen atoms in total. The quantitative estimate of drug-likeness (QED) is 0.196. The van der Waals surface area contributed by atoms with Gasteiger partial charge in [0.25, 0.3) is 17.5 Å². The van der Waals surface area contributed by atoms with E-state index in [1.165, 1.54) is 12.1 Å². The van der Waals surface area contributed by atoms with E-state index in [1.54, 1.807) is 12.3 Å². The molecule has 1 aliphatic heterocycles. The van der Waals surface area contributed by atoms with E-state index in [0.717, 1.165) is 39.0 Å². The molecular formula is C26H23N3O7S. The number of esters is 1. The van der Waals surface area contributed by atoms with Gasteiger partial charge in [0.15, 0.2) is 0 Å². The summed E-state index contributed by atoms with van der Waals surface area (Å²) >= 11 is 1.16. The van der Waals surface area contributed by atoms with Gasteiger partial charge < -0.3 is 10.1 Å². The molecule has 1 aromatic heterocycles. The summed E-state index contributed by atoms with van der Waals surface area (Å²) < 4.78 is 5.22. The lowest BCUT2D eigenvalue weighted by molar-refractivity contribution is -0.385. The lowest BCUT2D eigenvalue weighted by atomic mass is 9.99. The number of amides is 3. The Labute approximate surface area is 216 Å². The lowest BCUT2D eigenvalue weighted by Gasteiger charge is -2.14. The largest absolute Gasteiger partial charge is 0.462 e. The maximum atomic E-state index is 12.8. The molecule has 3 amide bonds. The molecule has 37 heavy (non-hydrogen) atoms. The van der Waals surface area contributed by atoms with E-state index in [-0.39, 0.29) is 41.3 Å². The van der Waals surface area contributed by atoms with Gasteiger partial charge in [0.1, 0.15) is 16.1 Å². The molecule has 0 aliphatic carbocycles. The molecule has 190 valence electrons. The highest BCUT2D eigenvalue weighted by Gasteiger charge is 2.40. The van der Waals surface area contributed by atoms with Gasteiger partial charge in [-0.2, -0.15) is 0 Å². The van der Waals surface area contributed by atoms with Crippen LogP contribution in [0.4, 0.5) is 10.7 Å². The van der Waals surface area contributed by atoms with Crippen LogP contribution in [0.5, 0.6) is 0 Å². The van der Waals surface area contributed by atoms with Gasteiger partial charge in [-0.1, -0.05) is 24.3 Å². The van der Waals surface area contributed by atoms with Crippen LogP contribution >= 0.6 is 11.3 Å². The number of anilines is 1. The van der Waals surface area contributed by atoms with Crippen molar-refractivity contribution in [1.82, 2.24) is 4.90 Å². The third-order valence-electron chi connectivity index (χ3n) is 6.08. The summed E-state index contributed by atoms with van der Waals surface area (Å²) in [5, 5.41) is 16.0. The molecule has 0 fully saturated rings. The normalized spacial score (nSPS) is 12.5. The van der Waals surface area contributed by atoms with Crippen LogP contribution in [0.1, 0.15) is 55.5 Å². The van der Waals surface area contributed by atoms with Crippen LogP contribution in [0.2, 0.25) is 0 Å². The Morgan fingerprint density at radius 1 is 1.08 bits per heavy atom. The molecule has 0 radical (unpaired) electrons. The van der Waals surface area contributed by atoms with Crippen LogP contribution in [0.3, 0.4) is 0 Å². The minimum atomic E-state index is -0.819. The molecule has 1 aliphatic rings. The highest BCUT2D eigenvalue weighted by Crippen LogP contribution is 2.37.